The zero-order chi connectivity index (χ0) is 33.0. The molecule has 5 rings (SSSR count). The van der Waals surface area contributed by atoms with Crippen molar-refractivity contribution in [3.05, 3.63) is 121 Å². The molecule has 5 nitrogen and oxygen atoms in total. The third-order valence-electron chi connectivity index (χ3n) is 7.97. The Hall–Kier alpha value is -2.96. The van der Waals surface area contributed by atoms with Crippen LogP contribution in [-0.2, 0) is 14.0 Å². The van der Waals surface area contributed by atoms with Crippen molar-refractivity contribution < 1.29 is 18.8 Å². The van der Waals surface area contributed by atoms with Crippen LogP contribution in [0.3, 0.4) is 0 Å². The Balaban J connectivity index is 1.60. The van der Waals surface area contributed by atoms with Gasteiger partial charge in [0, 0.05) is 0 Å². The quantitative estimate of drug-likeness (QED) is 0.218. The van der Waals surface area contributed by atoms with Crippen molar-refractivity contribution in [2.75, 3.05) is 6.61 Å². The van der Waals surface area contributed by atoms with Crippen LogP contribution in [0.15, 0.2) is 121 Å². The molecule has 0 unspecified atom stereocenters. The molecule has 46 heavy (non-hydrogen) atoms. The summed E-state index contributed by atoms with van der Waals surface area (Å²) >= 11 is -0.457. The van der Waals surface area contributed by atoms with Gasteiger partial charge in [0.2, 0.25) is 0 Å². The van der Waals surface area contributed by atoms with E-state index in [1.165, 1.54) is 4.90 Å². The zero-order valence-electron chi connectivity index (χ0n) is 27.4. The molecule has 0 spiro atoms. The van der Waals surface area contributed by atoms with Crippen molar-refractivity contribution in [1.29, 1.82) is 0 Å². The van der Waals surface area contributed by atoms with E-state index in [1.807, 2.05) is 69.3 Å². The van der Waals surface area contributed by atoms with Crippen molar-refractivity contribution in [2.45, 2.75) is 67.9 Å². The van der Waals surface area contributed by atoms with Crippen LogP contribution in [0.2, 0.25) is 8.25 Å². The molecule has 0 saturated carbocycles. The number of benzene rings is 4. The fourth-order valence-electron chi connectivity index (χ4n) is 6.05. The van der Waals surface area contributed by atoms with Crippen LogP contribution < -0.4 is 19.3 Å². The third kappa shape index (κ3) is 7.44. The van der Waals surface area contributed by atoms with E-state index in [-0.39, 0.29) is 47.5 Å². The van der Waals surface area contributed by atoms with Gasteiger partial charge < -0.3 is 0 Å². The van der Waals surface area contributed by atoms with Gasteiger partial charge in [0.05, 0.1) is 0 Å². The van der Waals surface area contributed by atoms with Crippen molar-refractivity contribution in [3.8, 4) is 0 Å². The Kier molecular flexibility index (Phi) is 10.5. The Bertz CT molecular complexity index is 1530. The van der Waals surface area contributed by atoms with Gasteiger partial charge in [-0.25, -0.2) is 0 Å². The van der Waals surface area contributed by atoms with Gasteiger partial charge in [-0.05, 0) is 0 Å². The molecule has 1 heterocycles. The van der Waals surface area contributed by atoms with Gasteiger partial charge in [-0.1, -0.05) is 0 Å². The van der Waals surface area contributed by atoms with E-state index in [4.69, 9.17) is 9.16 Å². The predicted molar refractivity (Wildman–Crippen MR) is 191 cm³/mol. The Morgan fingerprint density at radius 1 is 0.739 bits per heavy atom. The molecule has 0 aromatic heterocycles. The van der Waals surface area contributed by atoms with Crippen molar-refractivity contribution in [3.63, 3.8) is 0 Å². The number of imide groups is 1. The van der Waals surface area contributed by atoms with Gasteiger partial charge in [-0.15, -0.1) is 0 Å². The fourth-order valence-corrected chi connectivity index (χ4v) is 18.0. The molecule has 0 radical (unpaired) electrons. The topological polar surface area (TPSA) is 55.8 Å². The Morgan fingerprint density at radius 2 is 1.15 bits per heavy atom. The van der Waals surface area contributed by atoms with Crippen LogP contribution in [0.5, 0.6) is 0 Å². The minimum absolute atomic E-state index is 0.148. The second kappa shape index (κ2) is 14.0. The van der Waals surface area contributed by atoms with Crippen LogP contribution in [0, 0.1) is 0 Å². The first-order valence-electron chi connectivity index (χ1n) is 15.6. The van der Waals surface area contributed by atoms with Gasteiger partial charge in [0.25, 0.3) is 0 Å². The average Bonchev–Trinajstić information content (AvgIpc) is 3.28. The van der Waals surface area contributed by atoms with Crippen molar-refractivity contribution >= 4 is 69.5 Å². The standard InChI is InChI=1S/C38H43NO4Se2Si/c1-36(2,3)43-35(41)39-29(27-38(34(39)40,44-30-19-11-7-12-20-30)45-31-21-13-8-14-22-31)28-42-46(37(4,5)6,32-23-15-9-16-24-32)33-25-17-10-18-26-33/h7-26,29H,27-28H2,1-6H3/t29-/m1/s1. The fraction of sp³-hybridized carbons (Fsp3) is 0.316. The maximum atomic E-state index is 14.8. The molecule has 1 aliphatic rings. The number of nitrogens with zero attached hydrogens (tertiary/aromatic N) is 1. The molecule has 4 aromatic rings. The van der Waals surface area contributed by atoms with E-state index in [9.17, 15) is 9.59 Å². The summed E-state index contributed by atoms with van der Waals surface area (Å²) in [7, 11) is -2.92. The molecule has 1 fully saturated rings. The normalized spacial score (nSPS) is 16.8. The minimum atomic E-state index is -2.92. The molecule has 4 aromatic carbocycles. The molecule has 1 atom stereocenters. The number of carbonyl (C=O) groups excluding carboxylic acids is 2. The zero-order valence-corrected chi connectivity index (χ0v) is 31.9. The molecular formula is C38H43NO4Se2Si. The number of ether oxygens (including phenoxy) is 1. The summed E-state index contributed by atoms with van der Waals surface area (Å²) in [4.78, 5) is 30.3. The summed E-state index contributed by atoms with van der Waals surface area (Å²) in [6.07, 6.45) is -0.0734. The summed E-state index contributed by atoms with van der Waals surface area (Å²) in [6.45, 7) is 12.5. The second-order valence-electron chi connectivity index (χ2n) is 13.6. The molecule has 2 amide bonds. The van der Waals surface area contributed by atoms with E-state index in [1.54, 1.807) is 0 Å². The second-order valence-corrected chi connectivity index (χ2v) is 24.9. The van der Waals surface area contributed by atoms with Crippen LogP contribution in [0.25, 0.3) is 0 Å². The first-order chi connectivity index (χ1) is 21.8. The molecule has 0 N–H and O–H groups in total. The van der Waals surface area contributed by atoms with Gasteiger partial charge in [-0.2, -0.15) is 0 Å². The number of likely N-dealkylation sites (tertiary alicyclic amines) is 1. The van der Waals surface area contributed by atoms with Gasteiger partial charge >= 0.3 is 289 Å². The van der Waals surface area contributed by atoms with Crippen LogP contribution in [-0.4, -0.2) is 73.4 Å². The van der Waals surface area contributed by atoms with E-state index >= 15 is 0 Å². The predicted octanol–water partition coefficient (Wildman–Crippen LogP) is 5.27. The van der Waals surface area contributed by atoms with E-state index < -0.39 is 29.3 Å². The number of rotatable bonds is 9. The number of carbonyl (C=O) groups is 2. The molecule has 0 bridgehead atoms. The molecule has 0 aliphatic carbocycles. The summed E-state index contributed by atoms with van der Waals surface area (Å²) in [5, 5.41) is 2.08. The summed E-state index contributed by atoms with van der Waals surface area (Å²) in [6, 6.07) is 41.0. The summed E-state index contributed by atoms with van der Waals surface area (Å²) in [5.41, 5.74) is -0.749. The number of hydrogen-bond donors (Lipinski definition) is 0. The Labute approximate surface area is 287 Å². The SMILES string of the molecule is CC(C)(C)OC(=O)N1C(=O)C([Se]c2ccccc2)([Se]c2ccccc2)C[C@@H]1CO[Si](c1ccccc1)(c1ccccc1)C(C)(C)C. The van der Waals surface area contributed by atoms with Crippen molar-refractivity contribution in [1.82, 2.24) is 4.90 Å². The maximum absolute atomic E-state index is 14.8. The molecule has 240 valence electrons. The summed E-state index contributed by atoms with van der Waals surface area (Å²) < 4.78 is 14.8. The molecule has 1 aliphatic heterocycles. The molecule has 8 heteroatoms. The van der Waals surface area contributed by atoms with Crippen LogP contribution in [0.1, 0.15) is 48.0 Å². The number of hydrogen-bond acceptors (Lipinski definition) is 4. The first-order valence-corrected chi connectivity index (χ1v) is 21.0. The van der Waals surface area contributed by atoms with Gasteiger partial charge in [-0.3, -0.25) is 0 Å². The van der Waals surface area contributed by atoms with E-state index in [2.05, 4.69) is 93.6 Å². The van der Waals surface area contributed by atoms with E-state index in [0.717, 1.165) is 19.3 Å². The van der Waals surface area contributed by atoms with Crippen molar-refractivity contribution in [2.24, 2.45) is 0 Å². The molecule has 1 saturated heterocycles. The van der Waals surface area contributed by atoms with E-state index in [0.29, 0.717) is 6.42 Å². The van der Waals surface area contributed by atoms with Crippen LogP contribution >= 0.6 is 0 Å². The van der Waals surface area contributed by atoms with Gasteiger partial charge in [0.1, 0.15) is 0 Å². The first kappa shape index (κ1) is 34.4. The third-order valence-corrected chi connectivity index (χ3v) is 19.7. The number of amides is 2. The molecular weight excluding hydrogens is 720 g/mol. The average molecular weight is 764 g/mol. The monoisotopic (exact) mass is 765 g/mol. The van der Waals surface area contributed by atoms with Crippen LogP contribution in [0.4, 0.5) is 4.79 Å². The summed E-state index contributed by atoms with van der Waals surface area (Å²) in [5.74, 6) is -0.148. The van der Waals surface area contributed by atoms with Gasteiger partial charge in [0.15, 0.2) is 0 Å². The Morgan fingerprint density at radius 3 is 1.54 bits per heavy atom.